The normalized spacial score (nSPS) is 12.3. The van der Waals surface area contributed by atoms with Crippen molar-refractivity contribution in [2.75, 3.05) is 33.4 Å². The van der Waals surface area contributed by atoms with E-state index in [2.05, 4.69) is 70.9 Å². The molecule has 0 saturated heterocycles. The summed E-state index contributed by atoms with van der Waals surface area (Å²) < 4.78 is 11.2. The standard InChI is InChI=1S/C44H46N2O5/c1-50-36-26-24-35(25-27-36)44(33-16-6-4-7-17-33,34-18-8-5-9-19-34)46(31-28-42(47)48)30-15-3-2-14-29-45-43(49)51-32-41-39-22-12-10-20-37(39)38-21-11-13-23-40(38)41/h4-13,16-27,41H,2-3,14-15,28-32H2,1H3,(H,45,49)(H,47,48). The van der Waals surface area contributed by atoms with Crippen LogP contribution in [0.25, 0.3) is 11.1 Å². The molecule has 262 valence electrons. The Kier molecular flexibility index (Phi) is 11.8. The molecule has 0 saturated carbocycles. The number of carboxylic acid groups (broad SMARTS) is 1. The Labute approximate surface area is 300 Å². The van der Waals surface area contributed by atoms with Crippen LogP contribution in [0.4, 0.5) is 4.79 Å². The maximum atomic E-state index is 12.7. The van der Waals surface area contributed by atoms with Crippen molar-refractivity contribution in [3.63, 3.8) is 0 Å². The molecule has 1 aliphatic carbocycles. The third-order valence-corrected chi connectivity index (χ3v) is 9.93. The number of methoxy groups -OCH3 is 1. The number of benzene rings is 5. The topological polar surface area (TPSA) is 88.1 Å². The number of hydrogen-bond acceptors (Lipinski definition) is 5. The molecule has 0 fully saturated rings. The number of hydrogen-bond donors (Lipinski definition) is 2. The monoisotopic (exact) mass is 682 g/mol. The maximum Gasteiger partial charge on any atom is 0.407 e. The highest BCUT2D eigenvalue weighted by atomic mass is 16.5. The lowest BCUT2D eigenvalue weighted by atomic mass is 9.75. The van der Waals surface area contributed by atoms with Gasteiger partial charge in [0.1, 0.15) is 12.4 Å². The number of nitrogens with one attached hydrogen (secondary N) is 1. The van der Waals surface area contributed by atoms with Crippen LogP contribution in [0.15, 0.2) is 133 Å². The largest absolute Gasteiger partial charge is 0.497 e. The van der Waals surface area contributed by atoms with Crippen molar-refractivity contribution in [3.8, 4) is 16.9 Å². The number of aliphatic carboxylic acids is 1. The molecule has 0 radical (unpaired) electrons. The minimum atomic E-state index is -0.830. The zero-order chi connectivity index (χ0) is 35.5. The first-order valence-corrected chi connectivity index (χ1v) is 17.8. The molecular weight excluding hydrogens is 636 g/mol. The average Bonchev–Trinajstić information content (AvgIpc) is 3.50. The zero-order valence-corrected chi connectivity index (χ0v) is 29.2. The van der Waals surface area contributed by atoms with Crippen LogP contribution in [0.5, 0.6) is 5.75 Å². The molecular formula is C44H46N2O5. The number of amides is 1. The highest BCUT2D eigenvalue weighted by molar-refractivity contribution is 5.79. The van der Waals surface area contributed by atoms with Gasteiger partial charge in [0, 0.05) is 19.0 Å². The lowest BCUT2D eigenvalue weighted by molar-refractivity contribution is -0.137. The molecule has 0 aromatic heterocycles. The van der Waals surface area contributed by atoms with Gasteiger partial charge >= 0.3 is 12.1 Å². The number of carboxylic acids is 1. The summed E-state index contributed by atoms with van der Waals surface area (Å²) in [6, 6.07) is 45.4. The highest BCUT2D eigenvalue weighted by Gasteiger charge is 2.42. The Hall–Kier alpha value is -5.40. The van der Waals surface area contributed by atoms with E-state index in [-0.39, 0.29) is 12.3 Å². The summed E-state index contributed by atoms with van der Waals surface area (Å²) >= 11 is 0. The first kappa shape index (κ1) is 35.4. The van der Waals surface area contributed by atoms with Gasteiger partial charge in [-0.3, -0.25) is 9.69 Å². The number of nitrogens with zero attached hydrogens (tertiary/aromatic N) is 1. The predicted molar refractivity (Wildman–Crippen MR) is 201 cm³/mol. The van der Waals surface area contributed by atoms with E-state index in [1.807, 2.05) is 72.8 Å². The Bertz CT molecular complexity index is 1790. The second-order valence-electron chi connectivity index (χ2n) is 13.0. The molecule has 2 N–H and O–H groups in total. The Morgan fingerprint density at radius 3 is 1.76 bits per heavy atom. The van der Waals surface area contributed by atoms with E-state index in [1.54, 1.807) is 7.11 Å². The molecule has 7 nitrogen and oxygen atoms in total. The van der Waals surface area contributed by atoms with Gasteiger partial charge in [0.15, 0.2) is 0 Å². The molecule has 0 bridgehead atoms. The van der Waals surface area contributed by atoms with Crippen LogP contribution in [0.3, 0.4) is 0 Å². The third-order valence-electron chi connectivity index (χ3n) is 9.93. The summed E-state index contributed by atoms with van der Waals surface area (Å²) in [5, 5.41) is 12.8. The summed E-state index contributed by atoms with van der Waals surface area (Å²) in [5.74, 6) is -0.0364. The first-order valence-electron chi connectivity index (χ1n) is 17.8. The molecule has 1 aliphatic rings. The third kappa shape index (κ3) is 8.00. The van der Waals surface area contributed by atoms with E-state index >= 15 is 0 Å². The van der Waals surface area contributed by atoms with E-state index < -0.39 is 17.6 Å². The van der Waals surface area contributed by atoms with Gasteiger partial charge in [-0.05, 0) is 70.5 Å². The van der Waals surface area contributed by atoms with Gasteiger partial charge in [0.05, 0.1) is 19.1 Å². The van der Waals surface area contributed by atoms with Gasteiger partial charge < -0.3 is 19.9 Å². The van der Waals surface area contributed by atoms with Crippen LogP contribution in [-0.2, 0) is 15.1 Å². The smallest absolute Gasteiger partial charge is 0.407 e. The molecule has 1 amide bonds. The molecule has 5 aromatic rings. The molecule has 0 spiro atoms. The fourth-order valence-electron chi connectivity index (χ4n) is 7.54. The fraction of sp³-hybridized carbons (Fsp3) is 0.273. The number of unbranched alkanes of at least 4 members (excludes halogenated alkanes) is 3. The van der Waals surface area contributed by atoms with E-state index in [0.29, 0.717) is 26.2 Å². The van der Waals surface area contributed by atoms with Crippen LogP contribution < -0.4 is 10.1 Å². The molecule has 5 aromatic carbocycles. The van der Waals surface area contributed by atoms with Crippen molar-refractivity contribution in [3.05, 3.63) is 161 Å². The Morgan fingerprint density at radius 1 is 0.667 bits per heavy atom. The number of rotatable bonds is 17. The van der Waals surface area contributed by atoms with Gasteiger partial charge in [-0.15, -0.1) is 0 Å². The van der Waals surface area contributed by atoms with E-state index in [1.165, 1.54) is 22.3 Å². The van der Waals surface area contributed by atoms with Gasteiger partial charge in [0.25, 0.3) is 0 Å². The van der Waals surface area contributed by atoms with Crippen LogP contribution in [0.1, 0.15) is 65.8 Å². The van der Waals surface area contributed by atoms with Crippen LogP contribution in [0, 0.1) is 0 Å². The Balaban J connectivity index is 1.09. The van der Waals surface area contributed by atoms with Crippen molar-refractivity contribution in [1.82, 2.24) is 10.2 Å². The van der Waals surface area contributed by atoms with Crippen LogP contribution in [-0.4, -0.2) is 55.4 Å². The summed E-state index contributed by atoms with van der Waals surface area (Å²) in [6.07, 6.45) is 3.15. The Morgan fingerprint density at radius 2 is 1.20 bits per heavy atom. The van der Waals surface area contributed by atoms with Crippen LogP contribution in [0.2, 0.25) is 0 Å². The highest BCUT2D eigenvalue weighted by Crippen LogP contribution is 2.45. The summed E-state index contributed by atoms with van der Waals surface area (Å²) in [5.41, 5.74) is 7.25. The van der Waals surface area contributed by atoms with Crippen LogP contribution >= 0.6 is 0 Å². The molecule has 7 heteroatoms. The van der Waals surface area contributed by atoms with Crippen molar-refractivity contribution < 1.29 is 24.2 Å². The van der Waals surface area contributed by atoms with Gasteiger partial charge in [-0.2, -0.15) is 0 Å². The minimum Gasteiger partial charge on any atom is -0.497 e. The zero-order valence-electron chi connectivity index (χ0n) is 29.2. The fourth-order valence-corrected chi connectivity index (χ4v) is 7.54. The van der Waals surface area contributed by atoms with Crippen molar-refractivity contribution in [2.24, 2.45) is 0 Å². The summed E-state index contributed by atoms with van der Waals surface area (Å²) in [6.45, 7) is 1.88. The second kappa shape index (κ2) is 17.0. The first-order chi connectivity index (χ1) is 25.0. The van der Waals surface area contributed by atoms with Gasteiger partial charge in [0.2, 0.25) is 0 Å². The average molecular weight is 683 g/mol. The number of carbonyl (C=O) groups is 2. The maximum absolute atomic E-state index is 12.7. The second-order valence-corrected chi connectivity index (χ2v) is 13.0. The van der Waals surface area contributed by atoms with Gasteiger partial charge in [-0.1, -0.05) is 134 Å². The number of carbonyl (C=O) groups excluding carboxylic acids is 1. The predicted octanol–water partition coefficient (Wildman–Crippen LogP) is 8.86. The van der Waals surface area contributed by atoms with E-state index in [4.69, 9.17) is 9.47 Å². The molecule has 0 atom stereocenters. The van der Waals surface area contributed by atoms with Crippen molar-refractivity contribution in [1.29, 1.82) is 0 Å². The minimum absolute atomic E-state index is 0.0155. The number of alkyl carbamates (subject to hydrolysis) is 1. The summed E-state index contributed by atoms with van der Waals surface area (Å²) in [7, 11) is 1.66. The van der Waals surface area contributed by atoms with Crippen molar-refractivity contribution in [2.45, 2.75) is 43.6 Å². The lowest BCUT2D eigenvalue weighted by Gasteiger charge is -2.46. The SMILES string of the molecule is COc1ccc(C(c2ccccc2)(c2ccccc2)N(CCCCCCNC(=O)OCC2c3ccccc3-c3ccccc32)CCC(=O)O)cc1. The number of fused-ring (bicyclic) bond motifs is 3. The van der Waals surface area contributed by atoms with Crippen molar-refractivity contribution >= 4 is 12.1 Å². The van der Waals surface area contributed by atoms with E-state index in [9.17, 15) is 14.7 Å². The van der Waals surface area contributed by atoms with Gasteiger partial charge in [-0.25, -0.2) is 4.79 Å². The summed E-state index contributed by atoms with van der Waals surface area (Å²) in [4.78, 5) is 27.0. The quantitative estimate of drug-likeness (QED) is 0.0753. The molecule has 51 heavy (non-hydrogen) atoms. The van der Waals surface area contributed by atoms with E-state index in [0.717, 1.165) is 48.1 Å². The molecule has 0 aliphatic heterocycles. The molecule has 6 rings (SSSR count). The number of ether oxygens (including phenoxy) is 2. The molecule has 0 heterocycles. The lowest BCUT2D eigenvalue weighted by Crippen LogP contribution is -2.49. The molecule has 0 unspecified atom stereocenters.